The van der Waals surface area contributed by atoms with Gasteiger partial charge in [-0.05, 0) is 18.6 Å². The number of hydrogen-bond acceptors (Lipinski definition) is 3. The van der Waals surface area contributed by atoms with Crippen LogP contribution in [0.1, 0.15) is 30.1 Å². The summed E-state index contributed by atoms with van der Waals surface area (Å²) in [5.41, 5.74) is 4.69. The molecule has 0 aliphatic heterocycles. The van der Waals surface area contributed by atoms with E-state index in [0.29, 0.717) is 12.5 Å². The van der Waals surface area contributed by atoms with Gasteiger partial charge in [-0.15, -0.1) is 0 Å². The SMILES string of the molecule is CCC(CC(N)=NO)NC(=O)c1ccc(F)c(F)c1F. The number of carbonyl (C=O) groups excluding carboxylic acids is 1. The molecule has 0 aliphatic carbocycles. The van der Waals surface area contributed by atoms with E-state index in [1.54, 1.807) is 6.92 Å². The first-order valence-electron chi connectivity index (χ1n) is 5.81. The third-order valence-electron chi connectivity index (χ3n) is 2.69. The Morgan fingerprint density at radius 2 is 2.05 bits per heavy atom. The van der Waals surface area contributed by atoms with Crippen molar-refractivity contribution in [3.05, 3.63) is 35.1 Å². The second-order valence-corrected chi connectivity index (χ2v) is 4.10. The van der Waals surface area contributed by atoms with Gasteiger partial charge in [-0.2, -0.15) is 0 Å². The van der Waals surface area contributed by atoms with Gasteiger partial charge in [0, 0.05) is 12.5 Å². The molecule has 0 aromatic heterocycles. The standard InChI is InChI=1S/C12H14F3N3O2/c1-2-6(5-9(16)18-20)17-12(19)7-3-4-8(13)11(15)10(7)14/h3-4,6,20H,2,5H2,1H3,(H2,16,18)(H,17,19). The monoisotopic (exact) mass is 289 g/mol. The number of amides is 1. The number of nitrogens with one attached hydrogen (secondary N) is 1. The largest absolute Gasteiger partial charge is 0.409 e. The molecule has 0 saturated carbocycles. The molecule has 0 fully saturated rings. The first kappa shape index (κ1) is 15.8. The molecule has 5 nitrogen and oxygen atoms in total. The van der Waals surface area contributed by atoms with E-state index in [2.05, 4.69) is 10.5 Å². The van der Waals surface area contributed by atoms with Gasteiger partial charge in [0.2, 0.25) is 0 Å². The Morgan fingerprint density at radius 3 is 2.60 bits per heavy atom. The fourth-order valence-corrected chi connectivity index (χ4v) is 1.56. The van der Waals surface area contributed by atoms with Gasteiger partial charge in [0.15, 0.2) is 17.5 Å². The first-order chi connectivity index (χ1) is 9.40. The third kappa shape index (κ3) is 3.62. The highest BCUT2D eigenvalue weighted by molar-refractivity contribution is 5.95. The minimum atomic E-state index is -1.71. The van der Waals surface area contributed by atoms with Gasteiger partial charge in [0.1, 0.15) is 5.84 Å². The molecule has 1 aromatic rings. The highest BCUT2D eigenvalue weighted by Gasteiger charge is 2.21. The van der Waals surface area contributed by atoms with Crippen molar-refractivity contribution in [3.63, 3.8) is 0 Å². The van der Waals surface area contributed by atoms with Crippen LogP contribution >= 0.6 is 0 Å². The summed E-state index contributed by atoms with van der Waals surface area (Å²) < 4.78 is 39.2. The van der Waals surface area contributed by atoms with E-state index in [0.717, 1.165) is 6.07 Å². The zero-order chi connectivity index (χ0) is 15.3. The Bertz CT molecular complexity index is 535. The molecule has 0 aliphatic rings. The summed E-state index contributed by atoms with van der Waals surface area (Å²) in [4.78, 5) is 11.8. The van der Waals surface area contributed by atoms with Crippen LogP contribution in [0, 0.1) is 17.5 Å². The maximum atomic E-state index is 13.4. The van der Waals surface area contributed by atoms with Crippen molar-refractivity contribution in [1.82, 2.24) is 5.32 Å². The first-order valence-corrected chi connectivity index (χ1v) is 5.81. The van der Waals surface area contributed by atoms with Crippen LogP contribution in [0.5, 0.6) is 0 Å². The summed E-state index contributed by atoms with van der Waals surface area (Å²) >= 11 is 0. The summed E-state index contributed by atoms with van der Waals surface area (Å²) in [5, 5.41) is 13.6. The van der Waals surface area contributed by atoms with Gasteiger partial charge >= 0.3 is 0 Å². The molecule has 0 saturated heterocycles. The molecule has 20 heavy (non-hydrogen) atoms. The lowest BCUT2D eigenvalue weighted by molar-refractivity contribution is 0.0931. The Balaban J connectivity index is 2.88. The highest BCUT2D eigenvalue weighted by Crippen LogP contribution is 2.15. The van der Waals surface area contributed by atoms with Crippen LogP contribution < -0.4 is 11.1 Å². The smallest absolute Gasteiger partial charge is 0.254 e. The number of nitrogens with zero attached hydrogens (tertiary/aromatic N) is 1. The number of carbonyl (C=O) groups is 1. The molecular formula is C12H14F3N3O2. The van der Waals surface area contributed by atoms with Crippen LogP contribution in [0.15, 0.2) is 17.3 Å². The van der Waals surface area contributed by atoms with Crippen LogP contribution in [-0.4, -0.2) is 23.0 Å². The van der Waals surface area contributed by atoms with Gasteiger partial charge in [-0.1, -0.05) is 12.1 Å². The minimum Gasteiger partial charge on any atom is -0.409 e. The molecule has 0 radical (unpaired) electrons. The van der Waals surface area contributed by atoms with Gasteiger partial charge in [-0.25, -0.2) is 13.2 Å². The molecule has 1 aromatic carbocycles. The lowest BCUT2D eigenvalue weighted by Crippen LogP contribution is -2.38. The molecule has 1 rings (SSSR count). The third-order valence-corrected chi connectivity index (χ3v) is 2.69. The number of amidine groups is 1. The molecule has 1 unspecified atom stereocenters. The number of nitrogens with two attached hydrogens (primary N) is 1. The van der Waals surface area contributed by atoms with Crippen molar-refractivity contribution < 1.29 is 23.2 Å². The van der Waals surface area contributed by atoms with E-state index < -0.39 is 35.0 Å². The highest BCUT2D eigenvalue weighted by atomic mass is 19.2. The van der Waals surface area contributed by atoms with Crippen LogP contribution in [-0.2, 0) is 0 Å². The normalized spacial score (nSPS) is 13.1. The summed E-state index contributed by atoms with van der Waals surface area (Å²) in [6.45, 7) is 1.72. The van der Waals surface area contributed by atoms with E-state index in [1.807, 2.05) is 0 Å². The van der Waals surface area contributed by atoms with E-state index in [1.165, 1.54) is 0 Å². The number of hydrogen-bond donors (Lipinski definition) is 3. The van der Waals surface area contributed by atoms with E-state index >= 15 is 0 Å². The molecule has 1 amide bonds. The predicted octanol–water partition coefficient (Wildman–Crippen LogP) is 1.75. The molecule has 1 atom stereocenters. The number of halogens is 3. The minimum absolute atomic E-state index is 0.0457. The van der Waals surface area contributed by atoms with Crippen molar-refractivity contribution in [1.29, 1.82) is 0 Å². The molecule has 0 bridgehead atoms. The molecule has 110 valence electrons. The van der Waals surface area contributed by atoms with E-state index in [-0.39, 0.29) is 12.3 Å². The molecule has 0 spiro atoms. The van der Waals surface area contributed by atoms with Crippen molar-refractivity contribution in [2.75, 3.05) is 0 Å². The fraction of sp³-hybridized carbons (Fsp3) is 0.333. The lowest BCUT2D eigenvalue weighted by atomic mass is 10.1. The lowest BCUT2D eigenvalue weighted by Gasteiger charge is -2.16. The van der Waals surface area contributed by atoms with Gasteiger partial charge < -0.3 is 16.3 Å². The Labute approximate surface area is 113 Å². The molecule has 0 heterocycles. The Kier molecular flexibility index (Phi) is 5.36. The second kappa shape index (κ2) is 6.78. The summed E-state index contributed by atoms with van der Waals surface area (Å²) in [6.07, 6.45) is 0.470. The van der Waals surface area contributed by atoms with Crippen LogP contribution in [0.25, 0.3) is 0 Å². The number of rotatable bonds is 5. The average molecular weight is 289 g/mol. The average Bonchev–Trinajstić information content (AvgIpc) is 2.43. The summed E-state index contributed by atoms with van der Waals surface area (Å²) in [6, 6.07) is 0.989. The summed E-state index contributed by atoms with van der Waals surface area (Å²) in [7, 11) is 0. The van der Waals surface area contributed by atoms with Crippen LogP contribution in [0.3, 0.4) is 0 Å². The van der Waals surface area contributed by atoms with Crippen molar-refractivity contribution in [2.24, 2.45) is 10.9 Å². The maximum absolute atomic E-state index is 13.4. The summed E-state index contributed by atoms with van der Waals surface area (Å²) in [5.74, 6) is -5.65. The quantitative estimate of drug-likeness (QED) is 0.254. The van der Waals surface area contributed by atoms with E-state index in [4.69, 9.17) is 10.9 Å². The van der Waals surface area contributed by atoms with Crippen molar-refractivity contribution in [3.8, 4) is 0 Å². The van der Waals surface area contributed by atoms with Crippen molar-refractivity contribution >= 4 is 11.7 Å². The zero-order valence-corrected chi connectivity index (χ0v) is 10.7. The van der Waals surface area contributed by atoms with E-state index in [9.17, 15) is 18.0 Å². The number of benzene rings is 1. The zero-order valence-electron chi connectivity index (χ0n) is 10.7. The molecule has 4 N–H and O–H groups in total. The maximum Gasteiger partial charge on any atom is 0.254 e. The fourth-order valence-electron chi connectivity index (χ4n) is 1.56. The van der Waals surface area contributed by atoms with Crippen LogP contribution in [0.2, 0.25) is 0 Å². The second-order valence-electron chi connectivity index (χ2n) is 4.10. The Hall–Kier alpha value is -2.25. The molecule has 8 heteroatoms. The van der Waals surface area contributed by atoms with Crippen LogP contribution in [0.4, 0.5) is 13.2 Å². The molecular weight excluding hydrogens is 275 g/mol. The predicted molar refractivity (Wildman–Crippen MR) is 65.9 cm³/mol. The van der Waals surface area contributed by atoms with Gasteiger partial charge in [0.25, 0.3) is 5.91 Å². The van der Waals surface area contributed by atoms with Gasteiger partial charge in [-0.3, -0.25) is 4.79 Å². The Morgan fingerprint density at radius 1 is 1.40 bits per heavy atom. The van der Waals surface area contributed by atoms with Crippen molar-refractivity contribution in [2.45, 2.75) is 25.8 Å². The number of oxime groups is 1. The van der Waals surface area contributed by atoms with Gasteiger partial charge in [0.05, 0.1) is 5.56 Å². The topological polar surface area (TPSA) is 87.7 Å².